The molecule has 0 radical (unpaired) electrons. The van der Waals surface area contributed by atoms with Gasteiger partial charge < -0.3 is 10.2 Å². The van der Waals surface area contributed by atoms with Crippen molar-refractivity contribution >= 4 is 11.6 Å². The van der Waals surface area contributed by atoms with Crippen LogP contribution in [-0.4, -0.2) is 25.5 Å². The first-order valence-corrected chi connectivity index (χ1v) is 5.63. The Balaban J connectivity index is 1.89. The summed E-state index contributed by atoms with van der Waals surface area (Å²) < 4.78 is 13.2. The number of halogens is 1. The zero-order valence-corrected chi connectivity index (χ0v) is 9.13. The Morgan fingerprint density at radius 1 is 1.31 bits per heavy atom. The molecule has 1 aliphatic heterocycles. The first-order valence-electron chi connectivity index (χ1n) is 5.63. The maximum absolute atomic E-state index is 13.2. The topological polar surface area (TPSA) is 33.5 Å². The molecule has 0 saturated carbocycles. The third-order valence-electron chi connectivity index (χ3n) is 2.87. The molecular formula is C12H16FN2O+. The minimum atomic E-state index is -0.382. The fourth-order valence-electron chi connectivity index (χ4n) is 2.04. The van der Waals surface area contributed by atoms with Gasteiger partial charge in [-0.1, -0.05) is 12.1 Å². The van der Waals surface area contributed by atoms with E-state index in [0.717, 1.165) is 13.1 Å². The van der Waals surface area contributed by atoms with Gasteiger partial charge in [0, 0.05) is 12.8 Å². The second-order valence-electron chi connectivity index (χ2n) is 4.16. The van der Waals surface area contributed by atoms with E-state index in [1.54, 1.807) is 18.2 Å². The number of carbonyl (C=O) groups excluding carboxylic acids is 1. The summed E-state index contributed by atoms with van der Waals surface area (Å²) in [5.74, 6) is -0.491. The molecule has 1 amide bonds. The fourth-order valence-corrected chi connectivity index (χ4v) is 2.04. The number of hydrogen-bond acceptors (Lipinski definition) is 1. The van der Waals surface area contributed by atoms with Gasteiger partial charge in [0.15, 0.2) is 6.54 Å². The Hall–Kier alpha value is -1.42. The van der Waals surface area contributed by atoms with E-state index in [4.69, 9.17) is 0 Å². The lowest BCUT2D eigenvalue weighted by Crippen LogP contribution is -3.11. The van der Waals surface area contributed by atoms with Crippen LogP contribution in [0.5, 0.6) is 0 Å². The average molecular weight is 223 g/mol. The van der Waals surface area contributed by atoms with Gasteiger partial charge >= 0.3 is 0 Å². The number of quaternary nitrogens is 1. The van der Waals surface area contributed by atoms with E-state index >= 15 is 0 Å². The normalized spacial score (nSPS) is 16.3. The molecule has 0 atom stereocenters. The molecule has 1 aromatic rings. The summed E-state index contributed by atoms with van der Waals surface area (Å²) in [5.41, 5.74) is 0.270. The minimum Gasteiger partial charge on any atom is -0.327 e. The molecule has 1 heterocycles. The molecule has 0 unspecified atom stereocenters. The van der Waals surface area contributed by atoms with Crippen LogP contribution in [0.3, 0.4) is 0 Å². The summed E-state index contributed by atoms with van der Waals surface area (Å²) in [6.07, 6.45) is 2.37. The van der Waals surface area contributed by atoms with Crippen molar-refractivity contribution in [1.82, 2.24) is 0 Å². The van der Waals surface area contributed by atoms with E-state index in [1.165, 1.54) is 23.8 Å². The van der Waals surface area contributed by atoms with Crippen molar-refractivity contribution in [2.45, 2.75) is 12.8 Å². The van der Waals surface area contributed by atoms with Gasteiger partial charge in [-0.15, -0.1) is 0 Å². The summed E-state index contributed by atoms with van der Waals surface area (Å²) >= 11 is 0. The van der Waals surface area contributed by atoms with Crippen molar-refractivity contribution in [2.24, 2.45) is 0 Å². The summed E-state index contributed by atoms with van der Waals surface area (Å²) in [6.45, 7) is 2.53. The van der Waals surface area contributed by atoms with Crippen LogP contribution in [0.25, 0.3) is 0 Å². The third kappa shape index (κ3) is 2.79. The second kappa shape index (κ2) is 5.07. The summed E-state index contributed by atoms with van der Waals surface area (Å²) in [6, 6.07) is 6.24. The first-order chi connectivity index (χ1) is 7.75. The van der Waals surface area contributed by atoms with Crippen LogP contribution < -0.4 is 10.2 Å². The predicted octanol–water partition coefficient (Wildman–Crippen LogP) is 0.443. The van der Waals surface area contributed by atoms with Crippen LogP contribution in [0, 0.1) is 5.82 Å². The molecule has 3 nitrogen and oxygen atoms in total. The molecule has 4 heteroatoms. The highest BCUT2D eigenvalue weighted by atomic mass is 19.1. The SMILES string of the molecule is O=C(C[NH+]1CCCC1)Nc1ccccc1F. The van der Waals surface area contributed by atoms with Gasteiger partial charge in [-0.2, -0.15) is 0 Å². The second-order valence-corrected chi connectivity index (χ2v) is 4.16. The lowest BCUT2D eigenvalue weighted by atomic mass is 10.3. The monoisotopic (exact) mass is 223 g/mol. The third-order valence-corrected chi connectivity index (χ3v) is 2.87. The molecule has 1 aliphatic rings. The van der Waals surface area contributed by atoms with Crippen LogP contribution >= 0.6 is 0 Å². The van der Waals surface area contributed by atoms with Gasteiger partial charge in [-0.3, -0.25) is 4.79 Å². The molecule has 86 valence electrons. The minimum absolute atomic E-state index is 0.109. The summed E-state index contributed by atoms with van der Waals surface area (Å²) in [7, 11) is 0. The fraction of sp³-hybridized carbons (Fsp3) is 0.417. The molecule has 2 rings (SSSR count). The maximum Gasteiger partial charge on any atom is 0.279 e. The Bertz CT molecular complexity index is 375. The molecule has 1 saturated heterocycles. The van der Waals surface area contributed by atoms with E-state index in [9.17, 15) is 9.18 Å². The van der Waals surface area contributed by atoms with E-state index in [2.05, 4.69) is 5.32 Å². The number of amides is 1. The number of anilines is 1. The van der Waals surface area contributed by atoms with Crippen LogP contribution in [0.15, 0.2) is 24.3 Å². The predicted molar refractivity (Wildman–Crippen MR) is 59.8 cm³/mol. The van der Waals surface area contributed by atoms with E-state index in [1.807, 2.05) is 0 Å². The summed E-state index contributed by atoms with van der Waals surface area (Å²) in [4.78, 5) is 12.9. The molecule has 2 N–H and O–H groups in total. The first kappa shape index (κ1) is 11.1. The average Bonchev–Trinajstić information content (AvgIpc) is 2.74. The van der Waals surface area contributed by atoms with E-state index in [-0.39, 0.29) is 17.4 Å². The van der Waals surface area contributed by atoms with Crippen LogP contribution in [0.2, 0.25) is 0 Å². The standard InChI is InChI=1S/C12H15FN2O/c13-10-5-1-2-6-11(10)14-12(16)9-15-7-3-4-8-15/h1-2,5-6H,3-4,7-9H2,(H,14,16)/p+1. The lowest BCUT2D eigenvalue weighted by molar-refractivity contribution is -0.878. The van der Waals surface area contributed by atoms with Gasteiger partial charge in [-0.25, -0.2) is 4.39 Å². The summed E-state index contributed by atoms with van der Waals surface area (Å²) in [5, 5.41) is 2.60. The highest BCUT2D eigenvalue weighted by Crippen LogP contribution is 2.11. The molecular weight excluding hydrogens is 207 g/mol. The van der Waals surface area contributed by atoms with Gasteiger partial charge in [0.05, 0.1) is 18.8 Å². The van der Waals surface area contributed by atoms with Crippen LogP contribution in [-0.2, 0) is 4.79 Å². The van der Waals surface area contributed by atoms with Crippen molar-refractivity contribution in [3.05, 3.63) is 30.1 Å². The molecule has 1 aromatic carbocycles. The van der Waals surface area contributed by atoms with Crippen molar-refractivity contribution in [3.8, 4) is 0 Å². The zero-order chi connectivity index (χ0) is 11.4. The van der Waals surface area contributed by atoms with Crippen molar-refractivity contribution in [3.63, 3.8) is 0 Å². The van der Waals surface area contributed by atoms with Gasteiger partial charge in [-0.05, 0) is 12.1 Å². The van der Waals surface area contributed by atoms with E-state index in [0.29, 0.717) is 6.54 Å². The number of para-hydroxylation sites is 1. The highest BCUT2D eigenvalue weighted by Gasteiger charge is 2.19. The number of benzene rings is 1. The van der Waals surface area contributed by atoms with Gasteiger partial charge in [0.2, 0.25) is 0 Å². The number of rotatable bonds is 3. The molecule has 1 fully saturated rings. The number of hydrogen-bond donors (Lipinski definition) is 2. The molecule has 0 aliphatic carbocycles. The quantitative estimate of drug-likeness (QED) is 0.766. The van der Waals surface area contributed by atoms with Gasteiger partial charge in [0.25, 0.3) is 5.91 Å². The van der Waals surface area contributed by atoms with Gasteiger partial charge in [0.1, 0.15) is 5.82 Å². The smallest absolute Gasteiger partial charge is 0.279 e. The maximum atomic E-state index is 13.2. The Morgan fingerprint density at radius 2 is 2.00 bits per heavy atom. The number of nitrogens with one attached hydrogen (secondary N) is 2. The number of likely N-dealkylation sites (tertiary alicyclic amines) is 1. The largest absolute Gasteiger partial charge is 0.327 e. The number of carbonyl (C=O) groups is 1. The van der Waals surface area contributed by atoms with Crippen LogP contribution in [0.4, 0.5) is 10.1 Å². The highest BCUT2D eigenvalue weighted by molar-refractivity contribution is 5.91. The molecule has 0 spiro atoms. The molecule has 0 bridgehead atoms. The Morgan fingerprint density at radius 3 is 2.69 bits per heavy atom. The lowest BCUT2D eigenvalue weighted by Gasteiger charge is -2.12. The van der Waals surface area contributed by atoms with Crippen molar-refractivity contribution < 1.29 is 14.1 Å². The van der Waals surface area contributed by atoms with E-state index < -0.39 is 0 Å². The Labute approximate surface area is 94.3 Å². The zero-order valence-electron chi connectivity index (χ0n) is 9.13. The molecule has 0 aromatic heterocycles. The van der Waals surface area contributed by atoms with Crippen LogP contribution in [0.1, 0.15) is 12.8 Å². The Kier molecular flexibility index (Phi) is 3.51. The molecule has 16 heavy (non-hydrogen) atoms. The van der Waals surface area contributed by atoms with Crippen molar-refractivity contribution in [2.75, 3.05) is 25.0 Å². The van der Waals surface area contributed by atoms with Crippen molar-refractivity contribution in [1.29, 1.82) is 0 Å².